The van der Waals surface area contributed by atoms with Crippen LogP contribution in [0.5, 0.6) is 5.75 Å². The van der Waals surface area contributed by atoms with Crippen LogP contribution in [0.3, 0.4) is 0 Å². The zero-order chi connectivity index (χ0) is 12.3. The molecule has 1 heterocycles. The van der Waals surface area contributed by atoms with Crippen LogP contribution in [-0.4, -0.2) is 18.8 Å². The van der Waals surface area contributed by atoms with E-state index in [-0.39, 0.29) is 6.10 Å². The monoisotopic (exact) mass is 299 g/mol. The predicted octanol–water partition coefficient (Wildman–Crippen LogP) is 2.85. The van der Waals surface area contributed by atoms with E-state index < -0.39 is 0 Å². The maximum Gasteiger partial charge on any atom is 0.133 e. The van der Waals surface area contributed by atoms with Crippen LogP contribution in [0.2, 0.25) is 0 Å². The topological polar surface area (TPSA) is 44.5 Å². The first-order valence-corrected chi connectivity index (χ1v) is 6.75. The van der Waals surface area contributed by atoms with E-state index in [4.69, 9.17) is 15.2 Å². The lowest BCUT2D eigenvalue weighted by Gasteiger charge is -2.14. The zero-order valence-electron chi connectivity index (χ0n) is 9.99. The highest BCUT2D eigenvalue weighted by Crippen LogP contribution is 2.27. The smallest absolute Gasteiger partial charge is 0.133 e. The second-order valence-electron chi connectivity index (χ2n) is 4.43. The van der Waals surface area contributed by atoms with Gasteiger partial charge >= 0.3 is 0 Å². The van der Waals surface area contributed by atoms with Gasteiger partial charge in [-0.15, -0.1) is 0 Å². The Morgan fingerprint density at radius 2 is 2.29 bits per heavy atom. The van der Waals surface area contributed by atoms with Gasteiger partial charge in [-0.25, -0.2) is 0 Å². The van der Waals surface area contributed by atoms with Gasteiger partial charge in [0, 0.05) is 6.54 Å². The molecule has 0 spiro atoms. The normalized spacial score (nSPS) is 23.9. The summed E-state index contributed by atoms with van der Waals surface area (Å²) in [7, 11) is 0. The molecule has 0 aliphatic carbocycles. The minimum Gasteiger partial charge on any atom is -0.490 e. The van der Waals surface area contributed by atoms with Gasteiger partial charge in [0.15, 0.2) is 0 Å². The van der Waals surface area contributed by atoms with Crippen LogP contribution in [-0.2, 0) is 11.3 Å². The number of rotatable bonds is 4. The van der Waals surface area contributed by atoms with E-state index in [2.05, 4.69) is 22.9 Å². The van der Waals surface area contributed by atoms with E-state index in [1.807, 2.05) is 18.2 Å². The van der Waals surface area contributed by atoms with Crippen molar-refractivity contribution in [2.24, 2.45) is 5.73 Å². The number of nitrogens with two attached hydrogens (primary N) is 1. The van der Waals surface area contributed by atoms with Gasteiger partial charge in [0.25, 0.3) is 0 Å². The van der Waals surface area contributed by atoms with Crippen LogP contribution in [0.4, 0.5) is 0 Å². The first-order chi connectivity index (χ1) is 8.19. The lowest BCUT2D eigenvalue weighted by atomic mass is 10.2. The van der Waals surface area contributed by atoms with Crippen molar-refractivity contribution in [3.8, 4) is 5.75 Å². The average molecular weight is 300 g/mol. The molecule has 4 heteroatoms. The summed E-state index contributed by atoms with van der Waals surface area (Å²) in [6.45, 7) is 3.26. The largest absolute Gasteiger partial charge is 0.490 e. The van der Waals surface area contributed by atoms with Crippen LogP contribution >= 0.6 is 15.9 Å². The third kappa shape index (κ3) is 3.44. The first-order valence-electron chi connectivity index (χ1n) is 5.96. The van der Waals surface area contributed by atoms with E-state index >= 15 is 0 Å². The summed E-state index contributed by atoms with van der Waals surface area (Å²) in [5, 5.41) is 0. The van der Waals surface area contributed by atoms with Crippen molar-refractivity contribution in [1.29, 1.82) is 0 Å². The van der Waals surface area contributed by atoms with Crippen LogP contribution in [0.15, 0.2) is 22.7 Å². The Hall–Kier alpha value is -0.580. The van der Waals surface area contributed by atoms with Crippen LogP contribution in [0.25, 0.3) is 0 Å². The first kappa shape index (κ1) is 12.9. The zero-order valence-corrected chi connectivity index (χ0v) is 11.6. The predicted molar refractivity (Wildman–Crippen MR) is 71.1 cm³/mol. The molecule has 0 bridgehead atoms. The highest BCUT2D eigenvalue weighted by Gasteiger charge is 2.22. The summed E-state index contributed by atoms with van der Waals surface area (Å²) in [5.41, 5.74) is 6.67. The molecule has 0 amide bonds. The van der Waals surface area contributed by atoms with Crippen LogP contribution in [0, 0.1) is 0 Å². The summed E-state index contributed by atoms with van der Waals surface area (Å²) in [6, 6.07) is 5.93. The molecule has 1 aromatic carbocycles. The third-order valence-corrected chi connectivity index (χ3v) is 3.60. The van der Waals surface area contributed by atoms with Gasteiger partial charge in [0.2, 0.25) is 0 Å². The molecule has 2 rings (SSSR count). The summed E-state index contributed by atoms with van der Waals surface area (Å²) in [6.07, 6.45) is 2.80. The Balaban J connectivity index is 1.90. The molecule has 2 unspecified atom stereocenters. The molecule has 3 nitrogen and oxygen atoms in total. The molecule has 0 saturated carbocycles. The second-order valence-corrected chi connectivity index (χ2v) is 5.28. The Kier molecular flexibility index (Phi) is 4.42. The van der Waals surface area contributed by atoms with Crippen molar-refractivity contribution in [1.82, 2.24) is 0 Å². The van der Waals surface area contributed by atoms with Crippen molar-refractivity contribution in [3.05, 3.63) is 28.2 Å². The van der Waals surface area contributed by atoms with Gasteiger partial charge in [-0.1, -0.05) is 6.07 Å². The molecular weight excluding hydrogens is 282 g/mol. The van der Waals surface area contributed by atoms with Gasteiger partial charge in [-0.3, -0.25) is 0 Å². The molecule has 1 saturated heterocycles. The SMILES string of the molecule is CC1CCC(COc2ccc(CN)cc2Br)O1. The van der Waals surface area contributed by atoms with Crippen molar-refractivity contribution in [3.63, 3.8) is 0 Å². The highest BCUT2D eigenvalue weighted by molar-refractivity contribution is 9.10. The van der Waals surface area contributed by atoms with E-state index in [9.17, 15) is 0 Å². The van der Waals surface area contributed by atoms with E-state index in [1.54, 1.807) is 0 Å². The minimum atomic E-state index is 0.228. The molecule has 2 N–H and O–H groups in total. The summed E-state index contributed by atoms with van der Waals surface area (Å²) < 4.78 is 12.4. The number of hydrogen-bond donors (Lipinski definition) is 1. The lowest BCUT2D eigenvalue weighted by molar-refractivity contribution is 0.0263. The Morgan fingerprint density at radius 3 is 2.88 bits per heavy atom. The Bertz CT molecular complexity index is 384. The van der Waals surface area contributed by atoms with Gasteiger partial charge in [-0.2, -0.15) is 0 Å². The van der Waals surface area contributed by atoms with Crippen LogP contribution < -0.4 is 10.5 Å². The van der Waals surface area contributed by atoms with Gasteiger partial charge in [-0.05, 0) is 53.4 Å². The molecule has 2 atom stereocenters. The molecule has 1 fully saturated rings. The number of halogens is 1. The van der Waals surface area contributed by atoms with E-state index in [0.29, 0.717) is 19.3 Å². The summed E-state index contributed by atoms with van der Waals surface area (Å²) in [4.78, 5) is 0. The maximum atomic E-state index is 5.76. The fourth-order valence-electron chi connectivity index (χ4n) is 1.98. The van der Waals surface area contributed by atoms with Crippen molar-refractivity contribution in [2.45, 2.75) is 38.5 Å². The number of hydrogen-bond acceptors (Lipinski definition) is 3. The van der Waals surface area contributed by atoms with E-state index in [1.165, 1.54) is 0 Å². The van der Waals surface area contributed by atoms with Crippen LogP contribution in [0.1, 0.15) is 25.3 Å². The molecule has 1 aliphatic rings. The van der Waals surface area contributed by atoms with Crippen molar-refractivity contribution >= 4 is 15.9 Å². The molecule has 1 aromatic rings. The molecule has 0 radical (unpaired) electrons. The molecule has 0 aromatic heterocycles. The molecule has 94 valence electrons. The molecule has 1 aliphatic heterocycles. The minimum absolute atomic E-state index is 0.228. The average Bonchev–Trinajstić information content (AvgIpc) is 2.73. The standard InChI is InChI=1S/C13H18BrNO2/c1-9-2-4-11(17-9)8-16-13-5-3-10(7-15)6-12(13)14/h3,5-6,9,11H,2,4,7-8,15H2,1H3. The van der Waals surface area contributed by atoms with E-state index in [0.717, 1.165) is 28.6 Å². The van der Waals surface area contributed by atoms with Gasteiger partial charge < -0.3 is 15.2 Å². The highest BCUT2D eigenvalue weighted by atomic mass is 79.9. The molecule has 17 heavy (non-hydrogen) atoms. The number of ether oxygens (including phenoxy) is 2. The Labute approximate surface area is 110 Å². The number of benzene rings is 1. The van der Waals surface area contributed by atoms with Crippen molar-refractivity contribution in [2.75, 3.05) is 6.61 Å². The lowest BCUT2D eigenvalue weighted by Crippen LogP contribution is -2.18. The summed E-state index contributed by atoms with van der Waals surface area (Å²) >= 11 is 3.49. The fraction of sp³-hybridized carbons (Fsp3) is 0.538. The summed E-state index contributed by atoms with van der Waals surface area (Å²) in [5.74, 6) is 0.852. The quantitative estimate of drug-likeness (QED) is 0.930. The van der Waals surface area contributed by atoms with Crippen molar-refractivity contribution < 1.29 is 9.47 Å². The third-order valence-electron chi connectivity index (χ3n) is 2.98. The maximum absolute atomic E-state index is 5.76. The van der Waals surface area contributed by atoms with Gasteiger partial charge in [0.1, 0.15) is 12.4 Å². The second kappa shape index (κ2) is 5.85. The fourth-order valence-corrected chi connectivity index (χ4v) is 2.52. The Morgan fingerprint density at radius 1 is 1.47 bits per heavy atom. The van der Waals surface area contributed by atoms with Gasteiger partial charge in [0.05, 0.1) is 16.7 Å². The molecular formula is C13H18BrNO2.